The normalized spacial score (nSPS) is 11.9. The standard InChI is InChI=1S/C20H23F3N6S.HI/c1-14-26-27-18(29(14)3)12-25-19(24-11-17-5-4-10-30-17)28(2)13-15-6-8-16(9-7-15)20(21,22)23;/h4-10H,11-13H2,1-3H3,(H,24,25);1H. The van der Waals surface area contributed by atoms with Crippen molar-refractivity contribution in [2.75, 3.05) is 7.05 Å². The molecule has 0 amide bonds. The van der Waals surface area contributed by atoms with Crippen LogP contribution in [0.5, 0.6) is 0 Å². The first kappa shape index (κ1) is 25.1. The molecule has 11 heteroatoms. The molecule has 1 aromatic carbocycles. The molecule has 0 aliphatic heterocycles. The number of aliphatic imine (C=N–C) groups is 1. The predicted molar refractivity (Wildman–Crippen MR) is 126 cm³/mol. The van der Waals surface area contributed by atoms with Gasteiger partial charge in [0, 0.05) is 25.5 Å². The number of rotatable bonds is 6. The van der Waals surface area contributed by atoms with Crippen molar-refractivity contribution in [1.82, 2.24) is 25.0 Å². The van der Waals surface area contributed by atoms with Crippen molar-refractivity contribution in [2.45, 2.75) is 32.7 Å². The minimum atomic E-state index is -4.34. The first-order valence-corrected chi connectivity index (χ1v) is 10.1. The molecule has 6 nitrogen and oxygen atoms in total. The molecule has 168 valence electrons. The average molecular weight is 564 g/mol. The van der Waals surface area contributed by atoms with Crippen LogP contribution in [0.4, 0.5) is 13.2 Å². The van der Waals surface area contributed by atoms with Gasteiger partial charge < -0.3 is 14.8 Å². The third kappa shape index (κ3) is 6.92. The molecule has 31 heavy (non-hydrogen) atoms. The van der Waals surface area contributed by atoms with Crippen LogP contribution >= 0.6 is 35.3 Å². The van der Waals surface area contributed by atoms with Crippen molar-refractivity contribution in [3.63, 3.8) is 0 Å². The third-order valence-corrected chi connectivity index (χ3v) is 5.49. The van der Waals surface area contributed by atoms with E-state index in [1.807, 2.05) is 48.0 Å². The van der Waals surface area contributed by atoms with Gasteiger partial charge >= 0.3 is 6.18 Å². The minimum absolute atomic E-state index is 0. The quantitative estimate of drug-likeness (QED) is 0.270. The zero-order valence-electron chi connectivity index (χ0n) is 17.3. The Hall–Kier alpha value is -2.15. The van der Waals surface area contributed by atoms with Crippen LogP contribution in [0.25, 0.3) is 0 Å². The second kappa shape index (κ2) is 10.9. The van der Waals surface area contributed by atoms with Crippen LogP contribution in [-0.2, 0) is 32.9 Å². The summed E-state index contributed by atoms with van der Waals surface area (Å²) < 4.78 is 40.2. The van der Waals surface area contributed by atoms with E-state index >= 15 is 0 Å². The molecule has 3 rings (SSSR count). The molecule has 0 aliphatic carbocycles. The fraction of sp³-hybridized carbons (Fsp3) is 0.350. The fourth-order valence-electron chi connectivity index (χ4n) is 2.77. The molecular weight excluding hydrogens is 540 g/mol. The smallest absolute Gasteiger partial charge is 0.351 e. The zero-order valence-corrected chi connectivity index (χ0v) is 20.5. The molecule has 0 fully saturated rings. The molecule has 0 radical (unpaired) electrons. The Morgan fingerprint density at radius 3 is 2.45 bits per heavy atom. The van der Waals surface area contributed by atoms with Gasteiger partial charge in [0.2, 0.25) is 0 Å². The maximum atomic E-state index is 12.8. The van der Waals surface area contributed by atoms with Gasteiger partial charge in [-0.05, 0) is 36.1 Å². The Kier molecular flexibility index (Phi) is 8.86. The van der Waals surface area contributed by atoms with Gasteiger partial charge in [-0.25, -0.2) is 4.99 Å². The second-order valence-electron chi connectivity index (χ2n) is 6.85. The second-order valence-corrected chi connectivity index (χ2v) is 7.88. The van der Waals surface area contributed by atoms with Gasteiger partial charge in [0.1, 0.15) is 12.4 Å². The molecule has 0 atom stereocenters. The number of guanidine groups is 1. The number of hydrogen-bond donors (Lipinski definition) is 1. The number of nitrogens with one attached hydrogen (secondary N) is 1. The number of hydrogen-bond acceptors (Lipinski definition) is 4. The number of aryl methyl sites for hydroxylation is 1. The highest BCUT2D eigenvalue weighted by atomic mass is 127. The van der Waals surface area contributed by atoms with E-state index in [9.17, 15) is 13.2 Å². The summed E-state index contributed by atoms with van der Waals surface area (Å²) in [4.78, 5) is 7.68. The van der Waals surface area contributed by atoms with Crippen LogP contribution in [0.3, 0.4) is 0 Å². The van der Waals surface area contributed by atoms with Crippen molar-refractivity contribution < 1.29 is 13.2 Å². The van der Waals surface area contributed by atoms with Gasteiger partial charge in [-0.1, -0.05) is 18.2 Å². The van der Waals surface area contributed by atoms with Crippen molar-refractivity contribution in [3.05, 3.63) is 69.4 Å². The minimum Gasteiger partial charge on any atom is -0.351 e. The lowest BCUT2D eigenvalue weighted by atomic mass is 10.1. The largest absolute Gasteiger partial charge is 0.416 e. The third-order valence-electron chi connectivity index (χ3n) is 4.62. The summed E-state index contributed by atoms with van der Waals surface area (Å²) in [5.41, 5.74) is 0.0990. The number of benzene rings is 1. The average Bonchev–Trinajstić information content (AvgIpc) is 3.32. The van der Waals surface area contributed by atoms with E-state index < -0.39 is 11.7 Å². The fourth-order valence-corrected chi connectivity index (χ4v) is 3.42. The molecule has 1 N–H and O–H groups in total. The maximum Gasteiger partial charge on any atom is 0.416 e. The van der Waals surface area contributed by atoms with Gasteiger partial charge in [-0.2, -0.15) is 13.2 Å². The lowest BCUT2D eigenvalue weighted by molar-refractivity contribution is -0.137. The van der Waals surface area contributed by atoms with E-state index in [1.54, 1.807) is 11.3 Å². The Balaban J connectivity index is 0.00000341. The van der Waals surface area contributed by atoms with Crippen molar-refractivity contribution in [1.29, 1.82) is 0 Å². The van der Waals surface area contributed by atoms with E-state index in [0.717, 1.165) is 34.2 Å². The van der Waals surface area contributed by atoms with Crippen molar-refractivity contribution in [3.8, 4) is 0 Å². The lowest BCUT2D eigenvalue weighted by Gasteiger charge is -2.22. The highest BCUT2D eigenvalue weighted by Crippen LogP contribution is 2.29. The summed E-state index contributed by atoms with van der Waals surface area (Å²) in [6.45, 7) is 3.21. The van der Waals surface area contributed by atoms with Gasteiger partial charge in [-0.15, -0.1) is 45.5 Å². The SMILES string of the molecule is Cc1nnc(CN=C(NCc2cccs2)N(C)Cc2ccc(C(F)(F)F)cc2)n1C.I. The summed E-state index contributed by atoms with van der Waals surface area (Å²) in [6, 6.07) is 9.18. The van der Waals surface area contributed by atoms with Gasteiger partial charge in [0.25, 0.3) is 0 Å². The molecule has 0 saturated heterocycles. The summed E-state index contributed by atoms with van der Waals surface area (Å²) >= 11 is 1.64. The molecular formula is C20H24F3IN6S. The summed E-state index contributed by atoms with van der Waals surface area (Å²) in [5, 5.41) is 13.5. The van der Waals surface area contributed by atoms with Crippen LogP contribution in [0.1, 0.15) is 27.7 Å². The van der Waals surface area contributed by atoms with Gasteiger partial charge in [-0.3, -0.25) is 0 Å². The first-order chi connectivity index (χ1) is 14.2. The molecule has 3 aromatic rings. The molecule has 0 aliphatic rings. The highest BCUT2D eigenvalue weighted by molar-refractivity contribution is 14.0. The predicted octanol–water partition coefficient (Wildman–Crippen LogP) is 4.60. The molecule has 0 spiro atoms. The number of nitrogens with zero attached hydrogens (tertiary/aromatic N) is 5. The first-order valence-electron chi connectivity index (χ1n) is 9.27. The number of halogens is 4. The van der Waals surface area contributed by atoms with Gasteiger partial charge in [0.15, 0.2) is 11.8 Å². The van der Waals surface area contributed by atoms with Crippen LogP contribution in [0.15, 0.2) is 46.8 Å². The molecule has 0 unspecified atom stereocenters. The Morgan fingerprint density at radius 1 is 1.19 bits per heavy atom. The summed E-state index contributed by atoms with van der Waals surface area (Å²) in [6.07, 6.45) is -4.34. The van der Waals surface area contributed by atoms with Crippen LogP contribution in [0.2, 0.25) is 0 Å². The maximum absolute atomic E-state index is 12.8. The number of alkyl halides is 3. The van der Waals surface area contributed by atoms with Crippen LogP contribution < -0.4 is 5.32 Å². The Bertz CT molecular complexity index is 984. The molecule has 0 saturated carbocycles. The number of thiophene rings is 1. The van der Waals surface area contributed by atoms with E-state index in [1.165, 1.54) is 12.1 Å². The molecule has 2 aromatic heterocycles. The monoisotopic (exact) mass is 564 g/mol. The van der Waals surface area contributed by atoms with Crippen molar-refractivity contribution in [2.24, 2.45) is 12.0 Å². The Labute approximate surface area is 200 Å². The number of aromatic nitrogens is 3. The zero-order chi connectivity index (χ0) is 21.7. The highest BCUT2D eigenvalue weighted by Gasteiger charge is 2.29. The van der Waals surface area contributed by atoms with E-state index in [-0.39, 0.29) is 24.0 Å². The topological polar surface area (TPSA) is 58.3 Å². The van der Waals surface area contributed by atoms with E-state index in [4.69, 9.17) is 0 Å². The van der Waals surface area contributed by atoms with E-state index in [0.29, 0.717) is 25.6 Å². The van der Waals surface area contributed by atoms with Crippen LogP contribution in [-0.4, -0.2) is 32.7 Å². The summed E-state index contributed by atoms with van der Waals surface area (Å²) in [5.74, 6) is 2.15. The summed E-state index contributed by atoms with van der Waals surface area (Å²) in [7, 11) is 3.73. The van der Waals surface area contributed by atoms with Crippen molar-refractivity contribution >= 4 is 41.3 Å². The van der Waals surface area contributed by atoms with E-state index in [2.05, 4.69) is 20.5 Å². The van der Waals surface area contributed by atoms with Crippen LogP contribution in [0, 0.1) is 6.92 Å². The van der Waals surface area contributed by atoms with Gasteiger partial charge in [0.05, 0.1) is 12.1 Å². The Morgan fingerprint density at radius 2 is 1.90 bits per heavy atom. The molecule has 2 heterocycles. The lowest BCUT2D eigenvalue weighted by Crippen LogP contribution is -2.38. The molecule has 0 bridgehead atoms.